The van der Waals surface area contributed by atoms with Gasteiger partial charge in [-0.25, -0.2) is 4.79 Å². The lowest BCUT2D eigenvalue weighted by atomic mass is 9.97. The lowest BCUT2D eigenvalue weighted by Gasteiger charge is -2.35. The number of allylic oxidation sites excluding steroid dienone is 1. The van der Waals surface area contributed by atoms with Crippen molar-refractivity contribution in [3.63, 3.8) is 0 Å². The molecule has 0 spiro atoms. The molecule has 0 bridgehead atoms. The Morgan fingerprint density at radius 2 is 1.88 bits per heavy atom. The fourth-order valence-electron chi connectivity index (χ4n) is 3.59. The first-order chi connectivity index (χ1) is 12.7. The highest BCUT2D eigenvalue weighted by molar-refractivity contribution is 7.17. The molecule has 0 atom stereocenters. The molecule has 2 aliphatic rings. The monoisotopic (exact) mass is 403 g/mol. The number of halogens is 1. The van der Waals surface area contributed by atoms with Gasteiger partial charge in [0.05, 0.1) is 9.91 Å². The second kappa shape index (κ2) is 7.43. The number of urea groups is 1. The Balaban J connectivity index is 1.43. The number of hydrogen-bond acceptors (Lipinski definition) is 4. The SMILES string of the molecule is N#CC(=C1CCN(C(=O)N2CCc3sccc3C2)CC1)c1ccc(Cl)s1. The summed E-state index contributed by atoms with van der Waals surface area (Å²) in [6, 6.07) is 8.32. The molecule has 2 amide bonds. The Labute approximate surface area is 165 Å². The van der Waals surface area contributed by atoms with Gasteiger partial charge in [-0.05, 0) is 54.0 Å². The minimum atomic E-state index is 0.124. The highest BCUT2D eigenvalue weighted by Crippen LogP contribution is 2.33. The van der Waals surface area contributed by atoms with Crippen LogP contribution in [0.1, 0.15) is 28.2 Å². The summed E-state index contributed by atoms with van der Waals surface area (Å²) in [4.78, 5) is 19.1. The van der Waals surface area contributed by atoms with Gasteiger partial charge in [0, 0.05) is 35.9 Å². The molecule has 0 N–H and O–H groups in total. The first-order valence-corrected chi connectivity index (χ1v) is 10.7. The van der Waals surface area contributed by atoms with Gasteiger partial charge in [-0.2, -0.15) is 5.26 Å². The van der Waals surface area contributed by atoms with E-state index in [0.717, 1.165) is 41.8 Å². The molecule has 0 aliphatic carbocycles. The predicted molar refractivity (Wildman–Crippen MR) is 106 cm³/mol. The first kappa shape index (κ1) is 17.6. The molecule has 0 saturated carbocycles. The lowest BCUT2D eigenvalue weighted by Crippen LogP contribution is -2.47. The average Bonchev–Trinajstić information content (AvgIpc) is 3.30. The van der Waals surface area contributed by atoms with Gasteiger partial charge in [0.1, 0.15) is 6.07 Å². The van der Waals surface area contributed by atoms with E-state index in [2.05, 4.69) is 17.5 Å². The second-order valence-corrected chi connectivity index (χ2v) is 9.22. The summed E-state index contributed by atoms with van der Waals surface area (Å²) < 4.78 is 0.693. The van der Waals surface area contributed by atoms with Crippen LogP contribution >= 0.6 is 34.3 Å². The number of nitriles is 1. The number of hydrogen-bond donors (Lipinski definition) is 0. The van der Waals surface area contributed by atoms with Crippen LogP contribution in [0.4, 0.5) is 4.79 Å². The number of piperidine rings is 1. The number of fused-ring (bicyclic) bond motifs is 1. The number of nitrogens with zero attached hydrogens (tertiary/aromatic N) is 3. The van der Waals surface area contributed by atoms with E-state index in [4.69, 9.17) is 11.6 Å². The van der Waals surface area contributed by atoms with E-state index in [1.807, 2.05) is 21.9 Å². The van der Waals surface area contributed by atoms with Gasteiger partial charge in [-0.1, -0.05) is 11.6 Å². The molecule has 2 aliphatic heterocycles. The van der Waals surface area contributed by atoms with E-state index in [0.29, 0.717) is 24.0 Å². The van der Waals surface area contributed by atoms with Crippen LogP contribution in [0.3, 0.4) is 0 Å². The molecule has 134 valence electrons. The Morgan fingerprint density at radius 1 is 1.12 bits per heavy atom. The molecule has 1 saturated heterocycles. The van der Waals surface area contributed by atoms with Crippen molar-refractivity contribution in [3.05, 3.63) is 48.8 Å². The van der Waals surface area contributed by atoms with Crippen LogP contribution in [0.25, 0.3) is 5.57 Å². The van der Waals surface area contributed by atoms with Crippen molar-refractivity contribution >= 4 is 45.9 Å². The van der Waals surface area contributed by atoms with Crippen molar-refractivity contribution in [2.75, 3.05) is 19.6 Å². The van der Waals surface area contributed by atoms with E-state index in [1.54, 1.807) is 11.3 Å². The van der Waals surface area contributed by atoms with Crippen LogP contribution < -0.4 is 0 Å². The van der Waals surface area contributed by atoms with Crippen molar-refractivity contribution < 1.29 is 4.79 Å². The standard InChI is InChI=1S/C19H18ClN3OS2/c20-18-2-1-17(26-18)15(11-21)13-3-7-22(8-4-13)19(24)23-9-5-16-14(12-23)6-10-25-16/h1-2,6,10H,3-5,7-9,12H2. The van der Waals surface area contributed by atoms with Crippen LogP contribution in [-0.4, -0.2) is 35.5 Å². The number of amides is 2. The molecule has 0 aromatic carbocycles. The Kier molecular flexibility index (Phi) is 5.03. The molecule has 4 rings (SSSR count). The second-order valence-electron chi connectivity index (χ2n) is 6.50. The summed E-state index contributed by atoms with van der Waals surface area (Å²) in [5.41, 5.74) is 3.15. The zero-order valence-electron chi connectivity index (χ0n) is 14.2. The van der Waals surface area contributed by atoms with Crippen LogP contribution in [0.15, 0.2) is 29.2 Å². The molecule has 0 radical (unpaired) electrons. The third kappa shape index (κ3) is 3.39. The lowest BCUT2D eigenvalue weighted by molar-refractivity contribution is 0.144. The fraction of sp³-hybridized carbons (Fsp3) is 0.368. The first-order valence-electron chi connectivity index (χ1n) is 8.62. The molecule has 2 aromatic heterocycles. The van der Waals surface area contributed by atoms with E-state index in [-0.39, 0.29) is 6.03 Å². The molecule has 26 heavy (non-hydrogen) atoms. The third-order valence-corrected chi connectivity index (χ3v) is 7.27. The summed E-state index contributed by atoms with van der Waals surface area (Å²) in [5, 5.41) is 11.7. The molecule has 4 heterocycles. The van der Waals surface area contributed by atoms with Gasteiger partial charge in [0.15, 0.2) is 0 Å². The maximum atomic E-state index is 12.9. The third-order valence-electron chi connectivity index (χ3n) is 5.00. The molecule has 0 unspecified atom stereocenters. The highest BCUT2D eigenvalue weighted by atomic mass is 35.5. The van der Waals surface area contributed by atoms with Crippen LogP contribution in [0, 0.1) is 11.3 Å². The summed E-state index contributed by atoms with van der Waals surface area (Å²) in [7, 11) is 0. The minimum Gasteiger partial charge on any atom is -0.324 e. The molecule has 4 nitrogen and oxygen atoms in total. The van der Waals surface area contributed by atoms with Gasteiger partial charge >= 0.3 is 6.03 Å². The Morgan fingerprint density at radius 3 is 2.58 bits per heavy atom. The number of carbonyl (C=O) groups is 1. The number of carbonyl (C=O) groups excluding carboxylic acids is 1. The molecule has 1 fully saturated rings. The van der Waals surface area contributed by atoms with Crippen molar-refractivity contribution in [2.24, 2.45) is 0 Å². The highest BCUT2D eigenvalue weighted by Gasteiger charge is 2.28. The number of rotatable bonds is 1. The number of thiophene rings is 2. The zero-order valence-corrected chi connectivity index (χ0v) is 16.6. The Bertz CT molecular complexity index is 898. The van der Waals surface area contributed by atoms with Gasteiger partial charge in [-0.15, -0.1) is 22.7 Å². The van der Waals surface area contributed by atoms with Crippen LogP contribution in [0.5, 0.6) is 0 Å². The van der Waals surface area contributed by atoms with Crippen LogP contribution in [0.2, 0.25) is 4.34 Å². The minimum absolute atomic E-state index is 0.124. The average molecular weight is 404 g/mol. The smallest absolute Gasteiger partial charge is 0.320 e. The summed E-state index contributed by atoms with van der Waals surface area (Å²) in [6.45, 7) is 2.85. The van der Waals surface area contributed by atoms with E-state index >= 15 is 0 Å². The predicted octanol–water partition coefficient (Wildman–Crippen LogP) is 5.01. The van der Waals surface area contributed by atoms with Gasteiger partial charge in [0.2, 0.25) is 0 Å². The van der Waals surface area contributed by atoms with Crippen molar-refractivity contribution in [3.8, 4) is 6.07 Å². The molecule has 2 aromatic rings. The van der Waals surface area contributed by atoms with Gasteiger partial charge in [-0.3, -0.25) is 0 Å². The molecular weight excluding hydrogens is 386 g/mol. The maximum Gasteiger partial charge on any atom is 0.320 e. The zero-order chi connectivity index (χ0) is 18.1. The van der Waals surface area contributed by atoms with E-state index in [1.165, 1.54) is 21.8 Å². The topological polar surface area (TPSA) is 47.3 Å². The van der Waals surface area contributed by atoms with Gasteiger partial charge in [0.25, 0.3) is 0 Å². The van der Waals surface area contributed by atoms with Crippen molar-refractivity contribution in [1.29, 1.82) is 5.26 Å². The maximum absolute atomic E-state index is 12.9. The summed E-state index contributed by atoms with van der Waals surface area (Å²) in [6.07, 6.45) is 2.46. The van der Waals surface area contributed by atoms with Crippen molar-refractivity contribution in [2.45, 2.75) is 25.8 Å². The van der Waals surface area contributed by atoms with E-state index in [9.17, 15) is 10.1 Å². The summed E-state index contributed by atoms with van der Waals surface area (Å²) >= 11 is 9.23. The summed E-state index contributed by atoms with van der Waals surface area (Å²) in [5.74, 6) is 0. The quantitative estimate of drug-likeness (QED) is 0.628. The largest absolute Gasteiger partial charge is 0.324 e. The number of likely N-dealkylation sites (tertiary alicyclic amines) is 1. The van der Waals surface area contributed by atoms with Gasteiger partial charge < -0.3 is 9.80 Å². The normalized spacial score (nSPS) is 17.0. The molecular formula is C19H18ClN3OS2. The van der Waals surface area contributed by atoms with Crippen LogP contribution in [-0.2, 0) is 13.0 Å². The fourth-order valence-corrected chi connectivity index (χ4v) is 5.56. The van der Waals surface area contributed by atoms with E-state index < -0.39 is 0 Å². The molecule has 7 heteroatoms. The van der Waals surface area contributed by atoms with Crippen molar-refractivity contribution in [1.82, 2.24) is 9.80 Å². The Hall–Kier alpha value is -1.81.